The molecule has 1 rings (SSSR count). The molecule has 0 spiro atoms. The lowest BCUT2D eigenvalue weighted by atomic mass is 10.3. The van der Waals surface area contributed by atoms with E-state index in [1.807, 2.05) is 17.8 Å². The van der Waals surface area contributed by atoms with Gasteiger partial charge in [-0.25, -0.2) is 0 Å². The molecule has 1 aromatic rings. The van der Waals surface area contributed by atoms with E-state index in [1.54, 1.807) is 11.3 Å². The molecule has 1 heterocycles. The minimum atomic E-state index is -0.0664. The number of nitrogens with zero attached hydrogens (tertiary/aromatic N) is 1. The molecule has 0 radical (unpaired) electrons. The van der Waals surface area contributed by atoms with Crippen molar-refractivity contribution in [1.29, 1.82) is 0 Å². The second-order valence-corrected chi connectivity index (χ2v) is 5.68. The molecule has 0 fully saturated rings. The molecular weight excluding hydrogens is 238 g/mol. The zero-order chi connectivity index (χ0) is 11.8. The number of hydrogen-bond acceptors (Lipinski definition) is 4. The van der Waals surface area contributed by atoms with Gasteiger partial charge in [-0.05, 0) is 25.5 Å². The van der Waals surface area contributed by atoms with Crippen LogP contribution in [0, 0.1) is 11.8 Å². The molecule has 16 heavy (non-hydrogen) atoms. The van der Waals surface area contributed by atoms with E-state index in [0.717, 1.165) is 23.6 Å². The van der Waals surface area contributed by atoms with Crippen LogP contribution in [0.1, 0.15) is 10.4 Å². The highest BCUT2D eigenvalue weighted by atomic mass is 32.2. The van der Waals surface area contributed by atoms with Crippen molar-refractivity contribution in [2.24, 2.45) is 0 Å². The van der Waals surface area contributed by atoms with E-state index in [9.17, 15) is 0 Å². The normalized spacial score (nSPS) is 10.2. The number of thiophene rings is 1. The van der Waals surface area contributed by atoms with Crippen LogP contribution in [0.2, 0.25) is 0 Å². The molecule has 0 bridgehead atoms. The molecule has 88 valence electrons. The highest BCUT2D eigenvalue weighted by molar-refractivity contribution is 7.98. The fourth-order valence-electron chi connectivity index (χ4n) is 1.11. The summed E-state index contributed by atoms with van der Waals surface area (Å²) in [6.07, 6.45) is 0. The molecule has 0 saturated heterocycles. The Morgan fingerprint density at radius 3 is 3.00 bits per heavy atom. The topological polar surface area (TPSA) is 23.5 Å². The van der Waals surface area contributed by atoms with E-state index in [0.29, 0.717) is 0 Å². The molecule has 0 aliphatic rings. The predicted molar refractivity (Wildman–Crippen MR) is 73.0 cm³/mol. The Kier molecular flexibility index (Phi) is 6.58. The molecule has 0 saturated carbocycles. The van der Waals surface area contributed by atoms with Crippen LogP contribution in [0.3, 0.4) is 0 Å². The molecule has 0 unspecified atom stereocenters. The molecule has 4 heteroatoms. The van der Waals surface area contributed by atoms with Crippen LogP contribution in [-0.4, -0.2) is 43.0 Å². The van der Waals surface area contributed by atoms with Crippen LogP contribution in [0.5, 0.6) is 0 Å². The van der Waals surface area contributed by atoms with E-state index in [1.165, 1.54) is 4.88 Å². The molecular formula is C12H17NOS2. The van der Waals surface area contributed by atoms with Crippen molar-refractivity contribution in [2.75, 3.05) is 33.0 Å². The number of thioether (sulfide) groups is 1. The van der Waals surface area contributed by atoms with Gasteiger partial charge in [-0.3, -0.25) is 0 Å². The quantitative estimate of drug-likeness (QED) is 0.642. The third-order valence-electron chi connectivity index (χ3n) is 1.96. The maximum absolute atomic E-state index is 8.65. The molecule has 1 aromatic heterocycles. The summed E-state index contributed by atoms with van der Waals surface area (Å²) in [4.78, 5) is 3.50. The van der Waals surface area contributed by atoms with E-state index >= 15 is 0 Å². The zero-order valence-corrected chi connectivity index (χ0v) is 11.3. The average Bonchev–Trinajstić information content (AvgIpc) is 2.69. The standard InChI is InChI=1S/C12H17NOS2/c1-13(2)6-9-15-10-12-11(4-3-7-14)5-8-16-12/h5,8,14H,6-7,9-10H2,1-2H3. The van der Waals surface area contributed by atoms with Crippen molar-refractivity contribution >= 4 is 23.1 Å². The van der Waals surface area contributed by atoms with E-state index < -0.39 is 0 Å². The third kappa shape index (κ3) is 5.04. The van der Waals surface area contributed by atoms with Gasteiger partial charge >= 0.3 is 0 Å². The number of rotatable bonds is 5. The van der Waals surface area contributed by atoms with Gasteiger partial charge < -0.3 is 10.0 Å². The van der Waals surface area contributed by atoms with Gasteiger partial charge in [-0.1, -0.05) is 11.8 Å². The molecule has 0 aromatic carbocycles. The lowest BCUT2D eigenvalue weighted by Gasteiger charge is -2.08. The lowest BCUT2D eigenvalue weighted by Crippen LogP contribution is -2.14. The molecule has 0 aliphatic heterocycles. The largest absolute Gasteiger partial charge is 0.384 e. The van der Waals surface area contributed by atoms with E-state index in [2.05, 4.69) is 36.2 Å². The average molecular weight is 255 g/mol. The Labute approximate surface area is 106 Å². The smallest absolute Gasteiger partial charge is 0.104 e. The summed E-state index contributed by atoms with van der Waals surface area (Å²) in [5.41, 5.74) is 1.07. The van der Waals surface area contributed by atoms with Gasteiger partial charge in [0.2, 0.25) is 0 Å². The Bertz CT molecular complexity index is 363. The van der Waals surface area contributed by atoms with Crippen molar-refractivity contribution in [2.45, 2.75) is 5.75 Å². The number of aliphatic hydroxyl groups is 1. The summed E-state index contributed by atoms with van der Waals surface area (Å²) >= 11 is 3.67. The van der Waals surface area contributed by atoms with Crippen LogP contribution in [0.25, 0.3) is 0 Å². The molecule has 0 aliphatic carbocycles. The van der Waals surface area contributed by atoms with E-state index in [4.69, 9.17) is 5.11 Å². The summed E-state index contributed by atoms with van der Waals surface area (Å²) < 4.78 is 0. The van der Waals surface area contributed by atoms with Gasteiger partial charge in [-0.15, -0.1) is 11.3 Å². The first-order chi connectivity index (χ1) is 7.74. The summed E-state index contributed by atoms with van der Waals surface area (Å²) in [5, 5.41) is 10.7. The Hall–Kier alpha value is -0.470. The van der Waals surface area contributed by atoms with Gasteiger partial charge in [-0.2, -0.15) is 11.8 Å². The molecule has 2 nitrogen and oxygen atoms in total. The Morgan fingerprint density at radius 1 is 1.50 bits per heavy atom. The summed E-state index contributed by atoms with van der Waals surface area (Å²) in [6.45, 7) is 1.04. The van der Waals surface area contributed by atoms with Crippen LogP contribution in [-0.2, 0) is 5.75 Å². The van der Waals surface area contributed by atoms with Crippen LogP contribution in [0.4, 0.5) is 0 Å². The summed E-state index contributed by atoms with van der Waals surface area (Å²) in [7, 11) is 4.17. The first kappa shape index (κ1) is 13.6. The van der Waals surface area contributed by atoms with Crippen LogP contribution in [0.15, 0.2) is 11.4 Å². The highest BCUT2D eigenvalue weighted by Gasteiger charge is 2.01. The fourth-order valence-corrected chi connectivity index (χ4v) is 3.23. The molecule has 0 amide bonds. The molecule has 0 atom stereocenters. The minimum absolute atomic E-state index is 0.0664. The molecule has 1 N–H and O–H groups in total. The van der Waals surface area contributed by atoms with Crippen molar-refractivity contribution in [1.82, 2.24) is 4.90 Å². The number of aliphatic hydroxyl groups excluding tert-OH is 1. The maximum Gasteiger partial charge on any atom is 0.104 e. The van der Waals surface area contributed by atoms with Crippen molar-refractivity contribution < 1.29 is 5.11 Å². The van der Waals surface area contributed by atoms with Gasteiger partial charge in [0.15, 0.2) is 0 Å². The second kappa shape index (κ2) is 7.75. The van der Waals surface area contributed by atoms with Gasteiger partial charge in [0.1, 0.15) is 6.61 Å². The third-order valence-corrected chi connectivity index (χ3v) is 4.03. The summed E-state index contributed by atoms with van der Waals surface area (Å²) in [5.74, 6) is 7.83. The number of hydrogen-bond donors (Lipinski definition) is 1. The maximum atomic E-state index is 8.65. The fraction of sp³-hybridized carbons (Fsp3) is 0.500. The Balaban J connectivity index is 2.39. The summed E-state index contributed by atoms with van der Waals surface area (Å²) in [6, 6.07) is 2.02. The van der Waals surface area contributed by atoms with Gasteiger partial charge in [0, 0.05) is 28.5 Å². The minimum Gasteiger partial charge on any atom is -0.384 e. The monoisotopic (exact) mass is 255 g/mol. The van der Waals surface area contributed by atoms with Gasteiger partial charge in [0.05, 0.1) is 0 Å². The van der Waals surface area contributed by atoms with Crippen LogP contribution >= 0.6 is 23.1 Å². The van der Waals surface area contributed by atoms with Crippen molar-refractivity contribution in [3.63, 3.8) is 0 Å². The lowest BCUT2D eigenvalue weighted by molar-refractivity contribution is 0.350. The highest BCUT2D eigenvalue weighted by Crippen LogP contribution is 2.21. The second-order valence-electron chi connectivity index (χ2n) is 3.57. The Morgan fingerprint density at radius 2 is 2.31 bits per heavy atom. The van der Waals surface area contributed by atoms with Crippen molar-refractivity contribution in [3.8, 4) is 11.8 Å². The zero-order valence-electron chi connectivity index (χ0n) is 9.69. The SMILES string of the molecule is CN(C)CCSCc1sccc1C#CCO. The van der Waals surface area contributed by atoms with Crippen LogP contribution < -0.4 is 0 Å². The first-order valence-corrected chi connectivity index (χ1v) is 7.16. The first-order valence-electron chi connectivity index (χ1n) is 5.12. The predicted octanol–water partition coefficient (Wildman–Crippen LogP) is 1.89. The van der Waals surface area contributed by atoms with Gasteiger partial charge in [0.25, 0.3) is 0 Å². The van der Waals surface area contributed by atoms with E-state index in [-0.39, 0.29) is 6.61 Å². The van der Waals surface area contributed by atoms with Crippen molar-refractivity contribution in [3.05, 3.63) is 21.9 Å².